The number of rotatable bonds is 35. The Morgan fingerprint density at radius 2 is 1.08 bits per heavy atom. The highest BCUT2D eigenvalue weighted by Crippen LogP contribution is 2.43. The summed E-state index contributed by atoms with van der Waals surface area (Å²) in [5.41, 5.74) is 5.33. The van der Waals surface area contributed by atoms with Gasteiger partial charge in [0.25, 0.3) is 0 Å². The van der Waals surface area contributed by atoms with Gasteiger partial charge in [-0.15, -0.1) is 0 Å². The third-order valence-corrected chi connectivity index (χ3v) is 8.68. The van der Waals surface area contributed by atoms with Crippen LogP contribution in [0.2, 0.25) is 0 Å². The van der Waals surface area contributed by atoms with E-state index in [4.69, 9.17) is 24.3 Å². The molecule has 0 spiro atoms. The van der Waals surface area contributed by atoms with Gasteiger partial charge < -0.3 is 20.1 Å². The van der Waals surface area contributed by atoms with Crippen LogP contribution < -0.4 is 5.73 Å². The van der Waals surface area contributed by atoms with Crippen LogP contribution in [0.4, 0.5) is 0 Å². The fraction of sp³-hybridized carbons (Fsp3) is 0.659. The molecule has 0 saturated heterocycles. The first-order valence-corrected chi connectivity index (χ1v) is 21.0. The maximum Gasteiger partial charge on any atom is 0.472 e. The first-order chi connectivity index (χ1) is 24.8. The topological polar surface area (TPSA) is 134 Å². The van der Waals surface area contributed by atoms with Gasteiger partial charge in [0.2, 0.25) is 0 Å². The van der Waals surface area contributed by atoms with Crippen molar-refractivity contribution in [1.29, 1.82) is 0 Å². The molecular formula is C41H70NO8P. The molecule has 1 unspecified atom stereocenters. The van der Waals surface area contributed by atoms with E-state index in [1.807, 2.05) is 30.4 Å². The van der Waals surface area contributed by atoms with Gasteiger partial charge in [-0.3, -0.25) is 18.6 Å². The molecule has 3 N–H and O–H groups in total. The van der Waals surface area contributed by atoms with Crippen LogP contribution in [0.5, 0.6) is 0 Å². The van der Waals surface area contributed by atoms with Gasteiger partial charge in [0.05, 0.1) is 13.2 Å². The minimum absolute atomic E-state index is 0.0432. The number of phosphoric ester groups is 1. The van der Waals surface area contributed by atoms with Crippen molar-refractivity contribution in [2.45, 2.75) is 148 Å². The van der Waals surface area contributed by atoms with E-state index in [1.165, 1.54) is 25.7 Å². The number of carbonyl (C=O) groups is 2. The number of phosphoric acid groups is 1. The van der Waals surface area contributed by atoms with Crippen molar-refractivity contribution in [3.63, 3.8) is 0 Å². The quantitative estimate of drug-likeness (QED) is 0.0282. The number of carbonyl (C=O) groups excluding carboxylic acids is 2. The Morgan fingerprint density at radius 1 is 0.608 bits per heavy atom. The summed E-state index contributed by atoms with van der Waals surface area (Å²) >= 11 is 0. The molecule has 10 heteroatoms. The summed E-state index contributed by atoms with van der Waals surface area (Å²) in [5, 5.41) is 0. The van der Waals surface area contributed by atoms with Gasteiger partial charge in [0, 0.05) is 19.4 Å². The van der Waals surface area contributed by atoms with E-state index in [0.717, 1.165) is 77.0 Å². The van der Waals surface area contributed by atoms with Gasteiger partial charge in [-0.2, -0.15) is 0 Å². The smallest absolute Gasteiger partial charge is 0.462 e. The van der Waals surface area contributed by atoms with Gasteiger partial charge in [0.1, 0.15) is 6.61 Å². The lowest BCUT2D eigenvalue weighted by Crippen LogP contribution is -2.29. The molecule has 0 aromatic carbocycles. The predicted molar refractivity (Wildman–Crippen MR) is 210 cm³/mol. The van der Waals surface area contributed by atoms with E-state index in [1.54, 1.807) is 0 Å². The van der Waals surface area contributed by atoms with Crippen molar-refractivity contribution >= 4 is 19.8 Å². The largest absolute Gasteiger partial charge is 0.472 e. The third kappa shape index (κ3) is 37.0. The van der Waals surface area contributed by atoms with E-state index < -0.39 is 32.5 Å². The van der Waals surface area contributed by atoms with Gasteiger partial charge in [0.15, 0.2) is 6.10 Å². The summed E-state index contributed by atoms with van der Waals surface area (Å²) in [7, 11) is -4.39. The van der Waals surface area contributed by atoms with Crippen LogP contribution in [0.1, 0.15) is 142 Å². The second-order valence-electron chi connectivity index (χ2n) is 12.5. The van der Waals surface area contributed by atoms with Crippen LogP contribution in [-0.2, 0) is 32.7 Å². The molecule has 0 fully saturated rings. The number of ether oxygens (including phenoxy) is 2. The van der Waals surface area contributed by atoms with Crippen molar-refractivity contribution in [1.82, 2.24) is 0 Å². The van der Waals surface area contributed by atoms with E-state index in [0.29, 0.717) is 12.8 Å². The number of allylic oxidation sites excluding steroid dienone is 12. The van der Waals surface area contributed by atoms with Gasteiger partial charge in [-0.25, -0.2) is 4.57 Å². The third-order valence-electron chi connectivity index (χ3n) is 7.70. The van der Waals surface area contributed by atoms with E-state index in [9.17, 15) is 19.0 Å². The number of esters is 2. The first-order valence-electron chi connectivity index (χ1n) is 19.5. The molecule has 0 aliphatic carbocycles. The molecule has 9 nitrogen and oxygen atoms in total. The van der Waals surface area contributed by atoms with Crippen LogP contribution >= 0.6 is 7.82 Å². The summed E-state index contributed by atoms with van der Waals surface area (Å²) in [6.45, 7) is 3.50. The zero-order chi connectivity index (χ0) is 37.5. The van der Waals surface area contributed by atoms with Crippen LogP contribution in [0.15, 0.2) is 72.9 Å². The molecule has 0 aromatic heterocycles. The molecule has 0 rings (SSSR count). The zero-order valence-corrected chi connectivity index (χ0v) is 32.7. The SMILES string of the molecule is CC/C=C/C=C/C=C/C=C/CCCCCCCC(=O)OC[C@H](COP(=O)(O)OCCN)OC(=O)CCCCCCC/C=C/C=C/CCCCCC. The van der Waals surface area contributed by atoms with Crippen LogP contribution in [0.3, 0.4) is 0 Å². The standard InChI is InChI=1S/C41H70NO8P/c1-3-5-7-9-11-13-15-17-19-21-23-25-27-29-31-33-40(43)47-37-39(38-49-51(45,46)48-36-35-42)50-41(44)34-32-30-28-26-24-22-20-18-16-14-12-10-8-6-4-2/h5,7,9,11,13-20,39H,3-4,6,8,10,12,21-38,42H2,1-2H3,(H,45,46)/b7-5+,11-9+,15-13+,16-14+,19-17+,20-18+/t39-/m1/s1. The lowest BCUT2D eigenvalue weighted by atomic mass is 10.1. The van der Waals surface area contributed by atoms with Crippen molar-refractivity contribution in [3.8, 4) is 0 Å². The lowest BCUT2D eigenvalue weighted by molar-refractivity contribution is -0.161. The van der Waals surface area contributed by atoms with Crippen LogP contribution in [0, 0.1) is 0 Å². The Balaban J connectivity index is 4.31. The average Bonchev–Trinajstić information content (AvgIpc) is 3.11. The van der Waals surface area contributed by atoms with Crippen LogP contribution in [0.25, 0.3) is 0 Å². The van der Waals surface area contributed by atoms with E-state index in [-0.39, 0.29) is 32.6 Å². The van der Waals surface area contributed by atoms with Crippen molar-refractivity contribution in [2.24, 2.45) is 5.73 Å². The molecule has 0 heterocycles. The molecule has 0 amide bonds. The Hall–Kier alpha value is -2.55. The maximum absolute atomic E-state index is 12.5. The summed E-state index contributed by atoms with van der Waals surface area (Å²) in [4.78, 5) is 34.7. The minimum atomic E-state index is -4.39. The number of hydrogen-bond donors (Lipinski definition) is 2. The lowest BCUT2D eigenvalue weighted by Gasteiger charge is -2.19. The fourth-order valence-corrected chi connectivity index (χ4v) is 5.58. The van der Waals surface area contributed by atoms with Gasteiger partial charge >= 0.3 is 19.8 Å². The normalized spacial score (nSPS) is 14.2. The molecule has 0 aliphatic rings. The van der Waals surface area contributed by atoms with Gasteiger partial charge in [-0.05, 0) is 57.8 Å². The van der Waals surface area contributed by atoms with Crippen molar-refractivity contribution < 1.29 is 37.6 Å². The molecule has 0 bridgehead atoms. The summed E-state index contributed by atoms with van der Waals surface area (Å²) in [6.07, 6.45) is 43.5. The molecule has 51 heavy (non-hydrogen) atoms. The van der Waals surface area contributed by atoms with Crippen molar-refractivity contribution in [3.05, 3.63) is 72.9 Å². The number of nitrogens with two attached hydrogens (primary N) is 1. The molecule has 0 aliphatic heterocycles. The molecular weight excluding hydrogens is 665 g/mol. The second-order valence-corrected chi connectivity index (χ2v) is 14.0. The first kappa shape index (κ1) is 48.5. The summed E-state index contributed by atoms with van der Waals surface area (Å²) < 4.78 is 32.6. The molecule has 0 aromatic rings. The monoisotopic (exact) mass is 735 g/mol. The Labute approximate surface area is 310 Å². The van der Waals surface area contributed by atoms with Gasteiger partial charge in [-0.1, -0.05) is 145 Å². The average molecular weight is 736 g/mol. The van der Waals surface area contributed by atoms with E-state index in [2.05, 4.69) is 56.4 Å². The number of hydrogen-bond acceptors (Lipinski definition) is 8. The molecule has 2 atom stereocenters. The molecule has 0 radical (unpaired) electrons. The highest BCUT2D eigenvalue weighted by molar-refractivity contribution is 7.47. The van der Waals surface area contributed by atoms with Crippen LogP contribution in [-0.4, -0.2) is 49.3 Å². The molecule has 0 saturated carbocycles. The maximum atomic E-state index is 12.5. The zero-order valence-electron chi connectivity index (χ0n) is 31.8. The predicted octanol–water partition coefficient (Wildman–Crippen LogP) is 10.7. The fourth-order valence-electron chi connectivity index (χ4n) is 4.81. The number of unbranched alkanes of at least 4 members (excludes halogenated alkanes) is 14. The Kier molecular flexibility index (Phi) is 35.4. The minimum Gasteiger partial charge on any atom is -0.462 e. The molecule has 292 valence electrons. The Morgan fingerprint density at radius 3 is 1.63 bits per heavy atom. The highest BCUT2D eigenvalue weighted by Gasteiger charge is 2.25. The summed E-state index contributed by atoms with van der Waals surface area (Å²) in [5.74, 6) is -0.882. The second kappa shape index (κ2) is 37.2. The summed E-state index contributed by atoms with van der Waals surface area (Å²) in [6, 6.07) is 0. The Bertz CT molecular complexity index is 1070. The van der Waals surface area contributed by atoms with E-state index >= 15 is 0 Å². The highest BCUT2D eigenvalue weighted by atomic mass is 31.2. The van der Waals surface area contributed by atoms with Crippen molar-refractivity contribution in [2.75, 3.05) is 26.4 Å².